The predicted octanol–water partition coefficient (Wildman–Crippen LogP) is 1.43. The Bertz CT molecular complexity index is 450. The predicted molar refractivity (Wildman–Crippen MR) is 77.6 cm³/mol. The van der Waals surface area contributed by atoms with E-state index in [1.54, 1.807) is 32.2 Å². The normalized spacial score (nSPS) is 11.5. The fourth-order valence-corrected chi connectivity index (χ4v) is 1.88. The van der Waals surface area contributed by atoms with E-state index in [1.807, 2.05) is 13.8 Å². The van der Waals surface area contributed by atoms with Crippen molar-refractivity contribution in [2.24, 2.45) is 5.73 Å². The molecule has 0 fully saturated rings. The van der Waals surface area contributed by atoms with Crippen molar-refractivity contribution >= 4 is 18.3 Å². The number of pyridine rings is 1. The van der Waals surface area contributed by atoms with Crippen molar-refractivity contribution in [1.29, 1.82) is 0 Å². The summed E-state index contributed by atoms with van der Waals surface area (Å²) in [5.74, 6) is 0.720. The maximum atomic E-state index is 11.7. The second-order valence-electron chi connectivity index (χ2n) is 4.53. The zero-order valence-electron chi connectivity index (χ0n) is 12.1. The number of hydrogen-bond acceptors (Lipinski definition) is 4. The van der Waals surface area contributed by atoms with Crippen LogP contribution in [0.3, 0.4) is 0 Å². The first kappa shape index (κ1) is 17.7. The summed E-state index contributed by atoms with van der Waals surface area (Å²) in [6.07, 6.45) is 1.76. The van der Waals surface area contributed by atoms with Crippen molar-refractivity contribution in [2.75, 3.05) is 14.2 Å². The molecule has 0 saturated carbocycles. The average Bonchev–Trinajstić information content (AvgIpc) is 2.32. The van der Waals surface area contributed by atoms with Crippen LogP contribution >= 0.6 is 12.4 Å². The molecule has 0 aromatic carbocycles. The van der Waals surface area contributed by atoms with Crippen LogP contribution in [0.1, 0.15) is 23.7 Å². The summed E-state index contributed by atoms with van der Waals surface area (Å²) in [5.41, 5.74) is 8.35. The summed E-state index contributed by atoms with van der Waals surface area (Å²) >= 11 is 0. The van der Waals surface area contributed by atoms with Crippen LogP contribution in [0.5, 0.6) is 5.75 Å². The summed E-state index contributed by atoms with van der Waals surface area (Å²) in [6.45, 7) is 6.00. The van der Waals surface area contributed by atoms with E-state index in [1.165, 1.54) is 0 Å². The first-order chi connectivity index (χ1) is 8.38. The number of halogens is 1. The molecule has 1 aromatic rings. The number of ether oxygens (including phenoxy) is 1. The van der Waals surface area contributed by atoms with Gasteiger partial charge in [0, 0.05) is 24.4 Å². The highest BCUT2D eigenvalue weighted by Crippen LogP contribution is 2.24. The molecule has 1 atom stereocenters. The van der Waals surface area contributed by atoms with Crippen LogP contribution in [0.2, 0.25) is 0 Å². The number of aromatic nitrogens is 1. The van der Waals surface area contributed by atoms with Gasteiger partial charge in [-0.1, -0.05) is 0 Å². The van der Waals surface area contributed by atoms with Gasteiger partial charge in [-0.2, -0.15) is 0 Å². The van der Waals surface area contributed by atoms with Gasteiger partial charge in [0.15, 0.2) is 0 Å². The lowest BCUT2D eigenvalue weighted by molar-refractivity contribution is -0.131. The highest BCUT2D eigenvalue weighted by Gasteiger charge is 2.16. The van der Waals surface area contributed by atoms with E-state index in [4.69, 9.17) is 10.5 Å². The van der Waals surface area contributed by atoms with Gasteiger partial charge in [-0.05, 0) is 20.8 Å². The van der Waals surface area contributed by atoms with Crippen molar-refractivity contribution in [3.63, 3.8) is 0 Å². The Morgan fingerprint density at radius 2 is 2.11 bits per heavy atom. The van der Waals surface area contributed by atoms with Crippen LogP contribution in [0.25, 0.3) is 0 Å². The first-order valence-corrected chi connectivity index (χ1v) is 5.88. The topological polar surface area (TPSA) is 68.5 Å². The van der Waals surface area contributed by atoms with Crippen LogP contribution in [0, 0.1) is 13.8 Å². The summed E-state index contributed by atoms with van der Waals surface area (Å²) in [4.78, 5) is 17.7. The quantitative estimate of drug-likeness (QED) is 0.910. The van der Waals surface area contributed by atoms with E-state index < -0.39 is 6.04 Å². The zero-order valence-corrected chi connectivity index (χ0v) is 12.9. The number of nitrogens with two attached hydrogens (primary N) is 1. The Morgan fingerprint density at radius 3 is 2.58 bits per heavy atom. The minimum Gasteiger partial charge on any atom is -0.496 e. The smallest absolute Gasteiger partial charge is 0.239 e. The molecule has 0 bridgehead atoms. The molecule has 0 aliphatic rings. The first-order valence-electron chi connectivity index (χ1n) is 5.88. The van der Waals surface area contributed by atoms with Crippen molar-refractivity contribution < 1.29 is 9.53 Å². The van der Waals surface area contributed by atoms with Gasteiger partial charge >= 0.3 is 0 Å². The van der Waals surface area contributed by atoms with Gasteiger partial charge in [-0.15, -0.1) is 12.4 Å². The van der Waals surface area contributed by atoms with Gasteiger partial charge in [-0.25, -0.2) is 0 Å². The molecule has 19 heavy (non-hydrogen) atoms. The van der Waals surface area contributed by atoms with Crippen molar-refractivity contribution in [2.45, 2.75) is 33.4 Å². The van der Waals surface area contributed by atoms with E-state index in [0.717, 1.165) is 22.6 Å². The van der Waals surface area contributed by atoms with E-state index in [0.29, 0.717) is 6.54 Å². The van der Waals surface area contributed by atoms with Gasteiger partial charge in [0.25, 0.3) is 0 Å². The highest BCUT2D eigenvalue weighted by molar-refractivity contribution is 5.85. The third-order valence-electron chi connectivity index (χ3n) is 2.90. The fourth-order valence-electron chi connectivity index (χ4n) is 1.88. The highest BCUT2D eigenvalue weighted by atomic mass is 35.5. The minimum absolute atomic E-state index is 0. The number of aryl methyl sites for hydroxylation is 1. The third kappa shape index (κ3) is 4.08. The Morgan fingerprint density at radius 1 is 1.53 bits per heavy atom. The van der Waals surface area contributed by atoms with Crippen molar-refractivity contribution in [3.05, 3.63) is 23.0 Å². The molecule has 5 nitrogen and oxygen atoms in total. The number of nitrogens with zero attached hydrogens (tertiary/aromatic N) is 2. The molecule has 1 heterocycles. The summed E-state index contributed by atoms with van der Waals surface area (Å²) < 4.78 is 5.34. The Balaban J connectivity index is 0.00000324. The van der Waals surface area contributed by atoms with Gasteiger partial charge < -0.3 is 15.4 Å². The van der Waals surface area contributed by atoms with E-state index in [2.05, 4.69) is 4.98 Å². The number of methoxy groups -OCH3 is 1. The Hall–Kier alpha value is -1.33. The Kier molecular flexibility index (Phi) is 6.79. The van der Waals surface area contributed by atoms with Gasteiger partial charge in [0.05, 0.1) is 25.4 Å². The molecule has 6 heteroatoms. The van der Waals surface area contributed by atoms with Crippen LogP contribution in [0.15, 0.2) is 6.20 Å². The maximum absolute atomic E-state index is 11.7. The molecule has 0 radical (unpaired) electrons. The molecular weight excluding hydrogens is 266 g/mol. The summed E-state index contributed by atoms with van der Waals surface area (Å²) in [6, 6.07) is -0.498. The third-order valence-corrected chi connectivity index (χ3v) is 2.90. The number of carbonyl (C=O) groups is 1. The Labute approximate surface area is 120 Å². The lowest BCUT2D eigenvalue weighted by atomic mass is 10.1. The second kappa shape index (κ2) is 7.31. The monoisotopic (exact) mass is 287 g/mol. The van der Waals surface area contributed by atoms with E-state index in [-0.39, 0.29) is 18.3 Å². The molecule has 0 saturated heterocycles. The molecule has 1 rings (SSSR count). The largest absolute Gasteiger partial charge is 0.496 e. The number of amides is 1. The van der Waals surface area contributed by atoms with Crippen LogP contribution in [0.4, 0.5) is 0 Å². The molecule has 108 valence electrons. The molecule has 0 aliphatic heterocycles. The lowest BCUT2D eigenvalue weighted by Gasteiger charge is -2.20. The minimum atomic E-state index is -0.498. The number of likely N-dealkylation sites (N-methyl/N-ethyl adjacent to an activating group) is 1. The summed E-state index contributed by atoms with van der Waals surface area (Å²) in [7, 11) is 3.36. The SMILES string of the molecule is COc1c(C)cnc(CN(C)C(=O)C(C)N)c1C.Cl. The standard InChI is InChI=1S/C13H21N3O2.ClH/c1-8-6-15-11(9(2)12(8)18-5)7-16(4)13(17)10(3)14;/h6,10H,7,14H2,1-5H3;1H. The number of hydrogen-bond donors (Lipinski definition) is 1. The van der Waals surface area contributed by atoms with Crippen molar-refractivity contribution in [1.82, 2.24) is 9.88 Å². The molecule has 0 aliphatic carbocycles. The molecule has 1 unspecified atom stereocenters. The molecule has 0 spiro atoms. The summed E-state index contributed by atoms with van der Waals surface area (Å²) in [5, 5.41) is 0. The van der Waals surface area contributed by atoms with Gasteiger partial charge in [0.1, 0.15) is 5.75 Å². The number of rotatable bonds is 4. The van der Waals surface area contributed by atoms with Crippen LogP contribution < -0.4 is 10.5 Å². The number of carbonyl (C=O) groups excluding carboxylic acids is 1. The van der Waals surface area contributed by atoms with Gasteiger partial charge in [0.2, 0.25) is 5.91 Å². The molecular formula is C13H22ClN3O2. The molecule has 1 amide bonds. The molecule has 1 aromatic heterocycles. The second-order valence-corrected chi connectivity index (χ2v) is 4.53. The zero-order chi connectivity index (χ0) is 13.9. The van der Waals surface area contributed by atoms with Crippen molar-refractivity contribution in [3.8, 4) is 5.75 Å². The average molecular weight is 288 g/mol. The van der Waals surface area contributed by atoms with Crippen LogP contribution in [-0.4, -0.2) is 36.0 Å². The maximum Gasteiger partial charge on any atom is 0.239 e. The van der Waals surface area contributed by atoms with Crippen LogP contribution in [-0.2, 0) is 11.3 Å². The van der Waals surface area contributed by atoms with Gasteiger partial charge in [-0.3, -0.25) is 9.78 Å². The fraction of sp³-hybridized carbons (Fsp3) is 0.538. The van der Waals surface area contributed by atoms with E-state index >= 15 is 0 Å². The molecule has 2 N–H and O–H groups in total. The lowest BCUT2D eigenvalue weighted by Crippen LogP contribution is -2.39. The van der Waals surface area contributed by atoms with E-state index in [9.17, 15) is 4.79 Å².